The van der Waals surface area contributed by atoms with Crippen LogP contribution < -0.4 is 4.74 Å². The summed E-state index contributed by atoms with van der Waals surface area (Å²) in [5.74, 6) is 0.759. The van der Waals surface area contributed by atoms with Crippen molar-refractivity contribution in [3.8, 4) is 5.75 Å². The maximum Gasteiger partial charge on any atom is 0.263 e. The lowest BCUT2D eigenvalue weighted by Crippen LogP contribution is -2.44. The highest BCUT2D eigenvalue weighted by Crippen LogP contribution is 2.27. The Bertz CT molecular complexity index is 515. The van der Waals surface area contributed by atoms with Gasteiger partial charge >= 0.3 is 0 Å². The Morgan fingerprint density at radius 3 is 2.32 bits per heavy atom. The molecule has 1 aliphatic carbocycles. The molecular weight excluding hydrogens is 298 g/mol. The molecule has 3 nitrogen and oxygen atoms in total. The number of aryl methyl sites for hydroxylation is 2. The van der Waals surface area contributed by atoms with Crippen LogP contribution in [0.4, 0.5) is 0 Å². The first kappa shape index (κ1) is 17.1. The zero-order valence-corrected chi connectivity index (χ0v) is 14.7. The quantitative estimate of drug-likeness (QED) is 0.815. The minimum Gasteiger partial charge on any atom is -0.481 e. The molecular formula is C18H26ClNO2. The van der Waals surface area contributed by atoms with E-state index in [0.717, 1.165) is 29.0 Å². The minimum absolute atomic E-state index is 0.0529. The number of carbonyl (C=O) groups excluding carboxylic acids is 1. The molecule has 1 aromatic rings. The molecule has 1 amide bonds. The first-order valence-electron chi connectivity index (χ1n) is 8.10. The van der Waals surface area contributed by atoms with Crippen molar-refractivity contribution in [2.75, 3.05) is 7.05 Å². The minimum atomic E-state index is -0.480. The molecule has 122 valence electrons. The maximum atomic E-state index is 12.6. The molecule has 22 heavy (non-hydrogen) atoms. The number of hydrogen-bond donors (Lipinski definition) is 0. The van der Waals surface area contributed by atoms with Crippen LogP contribution in [0.5, 0.6) is 5.75 Å². The number of rotatable bonds is 4. The van der Waals surface area contributed by atoms with Gasteiger partial charge in [-0.05, 0) is 56.9 Å². The highest BCUT2D eigenvalue weighted by molar-refractivity contribution is 6.32. The van der Waals surface area contributed by atoms with Crippen LogP contribution in [-0.4, -0.2) is 30.0 Å². The third kappa shape index (κ3) is 3.95. The first-order chi connectivity index (χ1) is 10.4. The molecule has 0 radical (unpaired) electrons. The van der Waals surface area contributed by atoms with Crippen molar-refractivity contribution in [3.05, 3.63) is 28.3 Å². The van der Waals surface area contributed by atoms with E-state index in [0.29, 0.717) is 11.8 Å². The summed E-state index contributed by atoms with van der Waals surface area (Å²) >= 11 is 6.17. The SMILES string of the molecule is Cc1cc(O[C@H](C)C(=O)N(C)C2CCCCC2)cc(C)c1Cl. The third-order valence-electron chi connectivity index (χ3n) is 4.54. The molecule has 1 fully saturated rings. The van der Waals surface area contributed by atoms with Crippen LogP contribution in [0.3, 0.4) is 0 Å². The highest BCUT2D eigenvalue weighted by Gasteiger charge is 2.26. The van der Waals surface area contributed by atoms with Crippen LogP contribution in [0, 0.1) is 13.8 Å². The van der Waals surface area contributed by atoms with Gasteiger partial charge in [0.15, 0.2) is 6.10 Å². The number of halogens is 1. The van der Waals surface area contributed by atoms with E-state index >= 15 is 0 Å². The lowest BCUT2D eigenvalue weighted by atomic mass is 9.94. The van der Waals surface area contributed by atoms with Crippen LogP contribution >= 0.6 is 11.6 Å². The smallest absolute Gasteiger partial charge is 0.263 e. The van der Waals surface area contributed by atoms with E-state index in [4.69, 9.17) is 16.3 Å². The fourth-order valence-electron chi connectivity index (χ4n) is 3.16. The van der Waals surface area contributed by atoms with Gasteiger partial charge in [0.25, 0.3) is 5.91 Å². The zero-order chi connectivity index (χ0) is 16.3. The topological polar surface area (TPSA) is 29.5 Å². The Kier molecular flexibility index (Phi) is 5.74. The number of carbonyl (C=O) groups is 1. The Morgan fingerprint density at radius 1 is 1.23 bits per heavy atom. The lowest BCUT2D eigenvalue weighted by molar-refractivity contribution is -0.139. The van der Waals surface area contributed by atoms with Gasteiger partial charge in [-0.1, -0.05) is 30.9 Å². The predicted octanol–water partition coefficient (Wildman–Crippen LogP) is 4.52. The van der Waals surface area contributed by atoms with Gasteiger partial charge in [-0.3, -0.25) is 4.79 Å². The maximum absolute atomic E-state index is 12.6. The first-order valence-corrected chi connectivity index (χ1v) is 8.48. The van der Waals surface area contributed by atoms with Gasteiger partial charge in [0.1, 0.15) is 5.75 Å². The molecule has 4 heteroatoms. The largest absolute Gasteiger partial charge is 0.481 e. The standard InChI is InChI=1S/C18H26ClNO2/c1-12-10-16(11-13(2)17(12)19)22-14(3)18(21)20(4)15-8-6-5-7-9-15/h10-11,14-15H,5-9H2,1-4H3/t14-/m1/s1. The molecule has 1 aromatic carbocycles. The second-order valence-corrected chi connectivity index (χ2v) is 6.75. The van der Waals surface area contributed by atoms with E-state index in [1.165, 1.54) is 19.3 Å². The van der Waals surface area contributed by atoms with Crippen molar-refractivity contribution in [1.82, 2.24) is 4.90 Å². The summed E-state index contributed by atoms with van der Waals surface area (Å²) in [6, 6.07) is 4.14. The van der Waals surface area contributed by atoms with Crippen molar-refractivity contribution in [2.45, 2.75) is 65.0 Å². The van der Waals surface area contributed by atoms with E-state index < -0.39 is 6.10 Å². The average molecular weight is 324 g/mol. The molecule has 2 rings (SSSR count). The molecule has 0 heterocycles. The van der Waals surface area contributed by atoms with Crippen molar-refractivity contribution in [1.29, 1.82) is 0 Å². The number of likely N-dealkylation sites (N-methyl/N-ethyl adjacent to an activating group) is 1. The van der Waals surface area contributed by atoms with Gasteiger partial charge in [0, 0.05) is 18.1 Å². The van der Waals surface area contributed by atoms with Crippen molar-refractivity contribution in [3.63, 3.8) is 0 Å². The average Bonchev–Trinajstić information content (AvgIpc) is 2.51. The van der Waals surface area contributed by atoms with Crippen LogP contribution in [0.1, 0.15) is 50.2 Å². The van der Waals surface area contributed by atoms with Crippen LogP contribution in [0.25, 0.3) is 0 Å². The molecule has 1 aliphatic rings. The van der Waals surface area contributed by atoms with Gasteiger partial charge in [-0.15, -0.1) is 0 Å². The Labute approximate surface area is 138 Å². The van der Waals surface area contributed by atoms with Gasteiger partial charge in [0.05, 0.1) is 0 Å². The number of amides is 1. The van der Waals surface area contributed by atoms with Crippen molar-refractivity contribution in [2.24, 2.45) is 0 Å². The summed E-state index contributed by atoms with van der Waals surface area (Å²) in [5.41, 5.74) is 1.94. The summed E-state index contributed by atoms with van der Waals surface area (Å²) in [7, 11) is 1.90. The summed E-state index contributed by atoms with van der Waals surface area (Å²) < 4.78 is 5.85. The lowest BCUT2D eigenvalue weighted by Gasteiger charge is -2.33. The number of ether oxygens (including phenoxy) is 1. The molecule has 0 aromatic heterocycles. The molecule has 0 bridgehead atoms. The number of benzene rings is 1. The summed E-state index contributed by atoms with van der Waals surface area (Å²) in [5, 5.41) is 0.755. The van der Waals surface area contributed by atoms with Gasteiger partial charge in [-0.25, -0.2) is 0 Å². The van der Waals surface area contributed by atoms with E-state index in [1.54, 1.807) is 0 Å². The molecule has 0 saturated heterocycles. The van der Waals surface area contributed by atoms with Crippen LogP contribution in [-0.2, 0) is 4.79 Å². The van der Waals surface area contributed by atoms with E-state index in [-0.39, 0.29) is 5.91 Å². The fraction of sp³-hybridized carbons (Fsp3) is 0.611. The molecule has 0 unspecified atom stereocenters. The summed E-state index contributed by atoms with van der Waals surface area (Å²) in [4.78, 5) is 14.4. The summed E-state index contributed by atoms with van der Waals surface area (Å²) in [6.07, 6.45) is 5.45. The Balaban J connectivity index is 2.01. The van der Waals surface area contributed by atoms with Crippen molar-refractivity contribution >= 4 is 17.5 Å². The van der Waals surface area contributed by atoms with E-state index in [2.05, 4.69) is 0 Å². The Hall–Kier alpha value is -1.22. The van der Waals surface area contributed by atoms with Crippen LogP contribution in [0.2, 0.25) is 5.02 Å². The molecule has 1 saturated carbocycles. The second-order valence-electron chi connectivity index (χ2n) is 6.37. The number of hydrogen-bond acceptors (Lipinski definition) is 2. The van der Waals surface area contributed by atoms with E-state index in [9.17, 15) is 4.79 Å². The van der Waals surface area contributed by atoms with E-state index in [1.807, 2.05) is 44.9 Å². The van der Waals surface area contributed by atoms with Crippen LogP contribution in [0.15, 0.2) is 12.1 Å². The van der Waals surface area contributed by atoms with Gasteiger partial charge in [-0.2, -0.15) is 0 Å². The fourth-order valence-corrected chi connectivity index (χ4v) is 3.27. The Morgan fingerprint density at radius 2 is 1.77 bits per heavy atom. The normalized spacial score (nSPS) is 17.1. The molecule has 1 atom stereocenters. The highest BCUT2D eigenvalue weighted by atomic mass is 35.5. The second kappa shape index (κ2) is 7.36. The molecule has 0 N–H and O–H groups in total. The molecule has 0 aliphatic heterocycles. The van der Waals surface area contributed by atoms with Gasteiger partial charge in [0.2, 0.25) is 0 Å². The monoisotopic (exact) mass is 323 g/mol. The summed E-state index contributed by atoms with van der Waals surface area (Å²) in [6.45, 7) is 5.71. The molecule has 0 spiro atoms. The zero-order valence-electron chi connectivity index (χ0n) is 14.0. The van der Waals surface area contributed by atoms with Crippen molar-refractivity contribution < 1.29 is 9.53 Å². The third-order valence-corrected chi connectivity index (χ3v) is 5.14. The number of nitrogens with zero attached hydrogens (tertiary/aromatic N) is 1. The predicted molar refractivity (Wildman–Crippen MR) is 90.7 cm³/mol. The van der Waals surface area contributed by atoms with Gasteiger partial charge < -0.3 is 9.64 Å².